The number of halogens is 2. The van der Waals surface area contributed by atoms with Gasteiger partial charge in [-0.25, -0.2) is 0 Å². The molecular weight excluding hydrogens is 588 g/mol. The number of aliphatic carboxylic acids is 2. The Labute approximate surface area is 132 Å². The van der Waals surface area contributed by atoms with Gasteiger partial charge in [0.15, 0.2) is 0 Å². The minimum atomic E-state index is -0.944. The van der Waals surface area contributed by atoms with Crippen molar-refractivity contribution < 1.29 is 36.3 Å². The van der Waals surface area contributed by atoms with Gasteiger partial charge in [-0.1, -0.05) is 0 Å². The van der Waals surface area contributed by atoms with Crippen LogP contribution < -0.4 is 11.5 Å². The number of carbonyl (C=O) groups is 2. The van der Waals surface area contributed by atoms with Gasteiger partial charge in [0.25, 0.3) is 0 Å². The Kier molecular flexibility index (Phi) is 23.5. The molecular formula is C6H14Cl2N2O4PtSe2. The van der Waals surface area contributed by atoms with Crippen LogP contribution in [0.4, 0.5) is 0 Å². The van der Waals surface area contributed by atoms with Gasteiger partial charge in [0, 0.05) is 0 Å². The first-order chi connectivity index (χ1) is 7.78. The van der Waals surface area contributed by atoms with E-state index >= 15 is 0 Å². The normalized spacial score (nSPS) is 12.4. The molecule has 0 saturated heterocycles. The predicted octanol–water partition coefficient (Wildman–Crippen LogP) is -1.19. The van der Waals surface area contributed by atoms with Gasteiger partial charge in [-0.2, -0.15) is 0 Å². The standard InChI is InChI=1S/2C3H7NO2Se.2ClH.Pt/c2*4-2(1-7)3(5)6;;;/h2*2,7H,1,4H2,(H,5,6);2*1H;/q;;;;+2/p-2/t2*2-;;;/m00.../s1. The summed E-state index contributed by atoms with van der Waals surface area (Å²) in [6, 6.07) is -1.42. The van der Waals surface area contributed by atoms with Crippen LogP contribution in [0, 0.1) is 0 Å². The first kappa shape index (κ1) is 23.3. The number of rotatable bonds is 4. The Balaban J connectivity index is -0.000000188. The number of carboxylic acid groups (broad SMARTS) is 2. The van der Waals surface area contributed by atoms with Crippen LogP contribution in [0.15, 0.2) is 0 Å². The van der Waals surface area contributed by atoms with Gasteiger partial charge in [-0.05, 0) is 0 Å². The Hall–Kier alpha value is 1.17. The van der Waals surface area contributed by atoms with Gasteiger partial charge < -0.3 is 0 Å². The maximum absolute atomic E-state index is 9.80. The third kappa shape index (κ3) is 22.8. The fraction of sp³-hybridized carbons (Fsp3) is 0.667. The summed E-state index contributed by atoms with van der Waals surface area (Å²) in [6.07, 6.45) is 0. The summed E-state index contributed by atoms with van der Waals surface area (Å²) in [6.45, 7) is 0. The summed E-state index contributed by atoms with van der Waals surface area (Å²) >= 11 is 3.78. The van der Waals surface area contributed by atoms with E-state index in [4.69, 9.17) is 40.5 Å². The molecule has 108 valence electrons. The second-order valence-electron chi connectivity index (χ2n) is 2.30. The van der Waals surface area contributed by atoms with Crippen LogP contribution in [0.3, 0.4) is 0 Å². The van der Waals surface area contributed by atoms with Crippen molar-refractivity contribution in [3.8, 4) is 0 Å². The van der Waals surface area contributed by atoms with Crippen LogP contribution in [0.2, 0.25) is 10.6 Å². The van der Waals surface area contributed by atoms with Crippen molar-refractivity contribution in [2.24, 2.45) is 11.5 Å². The summed E-state index contributed by atoms with van der Waals surface area (Å²) in [7, 11) is 9.75. The fourth-order valence-electron chi connectivity index (χ4n) is 0.156. The zero-order valence-electron chi connectivity index (χ0n) is 8.40. The van der Waals surface area contributed by atoms with Crippen molar-refractivity contribution >= 4 is 62.8 Å². The van der Waals surface area contributed by atoms with E-state index < -0.39 is 40.5 Å². The van der Waals surface area contributed by atoms with E-state index in [-0.39, 0.29) is 0 Å². The van der Waals surface area contributed by atoms with Crippen molar-refractivity contribution in [2.45, 2.75) is 22.7 Å². The molecule has 0 aromatic rings. The predicted molar refractivity (Wildman–Crippen MR) is 66.8 cm³/mol. The molecule has 0 aliphatic rings. The third-order valence-electron chi connectivity index (χ3n) is 1.03. The monoisotopic (exact) mass is 603 g/mol. The molecule has 0 rings (SSSR count). The van der Waals surface area contributed by atoms with Crippen LogP contribution >= 0.6 is 18.8 Å². The van der Waals surface area contributed by atoms with Crippen LogP contribution in [0.5, 0.6) is 0 Å². The van der Waals surface area contributed by atoms with Gasteiger partial charge in [0.1, 0.15) is 0 Å². The second kappa shape index (κ2) is 17.2. The first-order valence-corrected chi connectivity index (χ1v) is 12.1. The van der Waals surface area contributed by atoms with E-state index in [0.717, 1.165) is 0 Å². The zero-order chi connectivity index (χ0) is 14.4. The summed E-state index contributed by atoms with van der Waals surface area (Å²) in [5.41, 5.74) is 10.0. The molecule has 0 unspecified atom stereocenters. The van der Waals surface area contributed by atoms with E-state index in [9.17, 15) is 9.59 Å². The molecule has 0 aromatic carbocycles. The third-order valence-corrected chi connectivity index (χ3v) is 2.68. The zero-order valence-corrected chi connectivity index (χ0v) is 15.9. The molecule has 6 N–H and O–H groups in total. The molecule has 0 radical (unpaired) electrons. The SMILES string of the molecule is N[C@@H](C[SeH])C(=O)O.N[C@@H](C[SeH])C(=O)O.[Cl][Pt][Cl]. The van der Waals surface area contributed by atoms with Crippen molar-refractivity contribution in [1.82, 2.24) is 0 Å². The van der Waals surface area contributed by atoms with Crippen molar-refractivity contribution in [3.63, 3.8) is 0 Å². The molecule has 6 nitrogen and oxygen atoms in total. The molecule has 0 saturated carbocycles. The number of hydrogen-bond donors (Lipinski definition) is 4. The second-order valence-corrected chi connectivity index (χ2v) is 7.11. The van der Waals surface area contributed by atoms with E-state index in [1.807, 2.05) is 0 Å². The van der Waals surface area contributed by atoms with Crippen LogP contribution in [0.25, 0.3) is 0 Å². The van der Waals surface area contributed by atoms with E-state index in [1.54, 1.807) is 0 Å². The molecule has 0 heterocycles. The topological polar surface area (TPSA) is 127 Å². The fourth-order valence-corrected chi connectivity index (χ4v) is 0.812. The number of carboxylic acids is 2. The minimum absolute atomic E-state index is 0.433. The summed E-state index contributed by atoms with van der Waals surface area (Å²) < 4.78 is 0. The van der Waals surface area contributed by atoms with Gasteiger partial charge in [-0.15, -0.1) is 0 Å². The van der Waals surface area contributed by atoms with Crippen molar-refractivity contribution in [2.75, 3.05) is 0 Å². The van der Waals surface area contributed by atoms with Crippen molar-refractivity contribution in [1.29, 1.82) is 0 Å². The molecule has 0 bridgehead atoms. The van der Waals surface area contributed by atoms with E-state index in [2.05, 4.69) is 32.0 Å². The van der Waals surface area contributed by atoms with Crippen LogP contribution in [-0.4, -0.2) is 66.3 Å². The number of hydrogen-bond acceptors (Lipinski definition) is 4. The molecule has 0 aromatic heterocycles. The van der Waals surface area contributed by atoms with Gasteiger partial charge in [0.2, 0.25) is 0 Å². The molecule has 0 amide bonds. The quantitative estimate of drug-likeness (QED) is 0.300. The van der Waals surface area contributed by atoms with Crippen molar-refractivity contribution in [3.05, 3.63) is 0 Å². The Bertz CT molecular complexity index is 196. The Morgan fingerprint density at radius 2 is 1.24 bits per heavy atom. The van der Waals surface area contributed by atoms with E-state index in [0.29, 0.717) is 10.6 Å². The summed E-state index contributed by atoms with van der Waals surface area (Å²) in [5.74, 6) is -1.89. The van der Waals surface area contributed by atoms with Crippen LogP contribution in [0.1, 0.15) is 0 Å². The van der Waals surface area contributed by atoms with Gasteiger partial charge >= 0.3 is 133 Å². The first-order valence-electron chi connectivity index (χ1n) is 3.79. The Morgan fingerprint density at radius 1 is 1.06 bits per heavy atom. The maximum atomic E-state index is 9.80. The average Bonchev–Trinajstić information content (AvgIpc) is 2.28. The van der Waals surface area contributed by atoms with Crippen LogP contribution in [-0.2, 0) is 26.1 Å². The number of nitrogens with two attached hydrogens (primary N) is 2. The van der Waals surface area contributed by atoms with Gasteiger partial charge in [0.05, 0.1) is 0 Å². The summed E-state index contributed by atoms with van der Waals surface area (Å²) in [5, 5.41) is 17.0. The molecule has 0 spiro atoms. The molecule has 0 aliphatic heterocycles. The Morgan fingerprint density at radius 3 is 1.24 bits per heavy atom. The molecule has 2 atom stereocenters. The van der Waals surface area contributed by atoms with Gasteiger partial charge in [-0.3, -0.25) is 0 Å². The van der Waals surface area contributed by atoms with E-state index in [1.165, 1.54) is 0 Å². The molecule has 0 aliphatic carbocycles. The molecule has 17 heavy (non-hydrogen) atoms. The molecule has 0 fully saturated rings. The average molecular weight is 602 g/mol. The summed E-state index contributed by atoms with van der Waals surface area (Å²) in [4.78, 5) is 19.6. The molecule has 11 heteroatoms.